The van der Waals surface area contributed by atoms with Crippen LogP contribution >= 0.6 is 0 Å². The van der Waals surface area contributed by atoms with Gasteiger partial charge in [-0.15, -0.1) is 0 Å². The number of hydrogen-bond donors (Lipinski definition) is 1. The Morgan fingerprint density at radius 3 is 2.69 bits per heavy atom. The standard InChI is InChI=1S/C14H30N2/c1-5-12(2)14(15-4)11-16-10-8-6-7-9-13(16)3/h12-15H,5-11H2,1-4H3. The second-order valence-electron chi connectivity index (χ2n) is 5.47. The first-order valence-corrected chi connectivity index (χ1v) is 7.10. The van der Waals surface area contributed by atoms with Gasteiger partial charge in [0.05, 0.1) is 0 Å². The van der Waals surface area contributed by atoms with Gasteiger partial charge in [0.2, 0.25) is 0 Å². The minimum atomic E-state index is 0.658. The molecule has 0 spiro atoms. The van der Waals surface area contributed by atoms with Crippen LogP contribution in [-0.4, -0.2) is 37.1 Å². The predicted octanol–water partition coefficient (Wildman–Crippen LogP) is 2.89. The van der Waals surface area contributed by atoms with Gasteiger partial charge in [0.25, 0.3) is 0 Å². The van der Waals surface area contributed by atoms with E-state index in [9.17, 15) is 0 Å². The van der Waals surface area contributed by atoms with Crippen LogP contribution in [0.3, 0.4) is 0 Å². The molecule has 1 aliphatic rings. The molecule has 0 saturated carbocycles. The zero-order chi connectivity index (χ0) is 12.0. The zero-order valence-corrected chi connectivity index (χ0v) is 11.6. The fraction of sp³-hybridized carbons (Fsp3) is 1.00. The molecule has 0 radical (unpaired) electrons. The second kappa shape index (κ2) is 7.29. The summed E-state index contributed by atoms with van der Waals surface area (Å²) in [6, 6.07) is 1.44. The SMILES string of the molecule is CCC(C)C(CN1CCCCCC1C)NC. The summed E-state index contributed by atoms with van der Waals surface area (Å²) in [7, 11) is 2.11. The first-order chi connectivity index (χ1) is 7.69. The van der Waals surface area contributed by atoms with Crippen molar-refractivity contribution in [3.8, 4) is 0 Å². The van der Waals surface area contributed by atoms with Gasteiger partial charge >= 0.3 is 0 Å². The maximum absolute atomic E-state index is 3.50. The van der Waals surface area contributed by atoms with Gasteiger partial charge in [-0.1, -0.05) is 33.1 Å². The van der Waals surface area contributed by atoms with Gasteiger partial charge in [-0.25, -0.2) is 0 Å². The third-order valence-corrected chi connectivity index (χ3v) is 4.32. The van der Waals surface area contributed by atoms with Crippen LogP contribution in [0.25, 0.3) is 0 Å². The van der Waals surface area contributed by atoms with E-state index in [1.807, 2.05) is 0 Å². The summed E-state index contributed by atoms with van der Waals surface area (Å²) in [6.07, 6.45) is 6.89. The summed E-state index contributed by atoms with van der Waals surface area (Å²) in [6.45, 7) is 9.58. The average Bonchev–Trinajstić information content (AvgIpc) is 2.50. The normalized spacial score (nSPS) is 27.4. The van der Waals surface area contributed by atoms with Gasteiger partial charge in [-0.3, -0.25) is 4.90 Å². The molecule has 96 valence electrons. The molecule has 1 fully saturated rings. The summed E-state index contributed by atoms with van der Waals surface area (Å²) < 4.78 is 0. The molecule has 3 atom stereocenters. The number of likely N-dealkylation sites (N-methyl/N-ethyl adjacent to an activating group) is 1. The quantitative estimate of drug-likeness (QED) is 0.775. The molecule has 0 bridgehead atoms. The summed E-state index contributed by atoms with van der Waals surface area (Å²) >= 11 is 0. The van der Waals surface area contributed by atoms with Crippen molar-refractivity contribution in [2.75, 3.05) is 20.1 Å². The Labute approximate surface area is 102 Å². The van der Waals surface area contributed by atoms with Crippen LogP contribution in [-0.2, 0) is 0 Å². The highest BCUT2D eigenvalue weighted by atomic mass is 15.2. The van der Waals surface area contributed by atoms with Crippen molar-refractivity contribution < 1.29 is 0 Å². The molecule has 0 aromatic heterocycles. The first kappa shape index (κ1) is 14.0. The molecule has 3 unspecified atom stereocenters. The maximum Gasteiger partial charge on any atom is 0.0217 e. The fourth-order valence-corrected chi connectivity index (χ4v) is 2.70. The van der Waals surface area contributed by atoms with Crippen LogP contribution < -0.4 is 5.32 Å². The Hall–Kier alpha value is -0.0800. The van der Waals surface area contributed by atoms with Gasteiger partial charge in [-0.05, 0) is 39.3 Å². The molecule has 16 heavy (non-hydrogen) atoms. The van der Waals surface area contributed by atoms with Crippen LogP contribution in [0.4, 0.5) is 0 Å². The lowest BCUT2D eigenvalue weighted by molar-refractivity contribution is 0.172. The van der Waals surface area contributed by atoms with E-state index in [0.717, 1.165) is 12.0 Å². The van der Waals surface area contributed by atoms with E-state index < -0.39 is 0 Å². The maximum atomic E-state index is 3.50. The number of nitrogens with zero attached hydrogens (tertiary/aromatic N) is 1. The second-order valence-corrected chi connectivity index (χ2v) is 5.47. The topological polar surface area (TPSA) is 15.3 Å². The average molecular weight is 226 g/mol. The largest absolute Gasteiger partial charge is 0.315 e. The minimum absolute atomic E-state index is 0.658. The van der Waals surface area contributed by atoms with E-state index >= 15 is 0 Å². The molecule has 0 aromatic rings. The van der Waals surface area contributed by atoms with E-state index in [4.69, 9.17) is 0 Å². The Morgan fingerprint density at radius 1 is 1.31 bits per heavy atom. The first-order valence-electron chi connectivity index (χ1n) is 7.10. The van der Waals surface area contributed by atoms with E-state index in [1.54, 1.807) is 0 Å². The monoisotopic (exact) mass is 226 g/mol. The summed E-state index contributed by atoms with van der Waals surface area (Å²) in [4.78, 5) is 2.69. The molecular weight excluding hydrogens is 196 g/mol. The Balaban J connectivity index is 2.48. The highest BCUT2D eigenvalue weighted by Crippen LogP contribution is 2.18. The van der Waals surface area contributed by atoms with Gasteiger partial charge in [0, 0.05) is 18.6 Å². The Kier molecular flexibility index (Phi) is 6.37. The van der Waals surface area contributed by atoms with Crippen LogP contribution in [0.15, 0.2) is 0 Å². The van der Waals surface area contributed by atoms with Gasteiger partial charge in [0.15, 0.2) is 0 Å². The summed E-state index contributed by atoms with van der Waals surface area (Å²) in [5, 5.41) is 3.50. The van der Waals surface area contributed by atoms with E-state index in [1.165, 1.54) is 45.2 Å². The van der Waals surface area contributed by atoms with Gasteiger partial charge in [-0.2, -0.15) is 0 Å². The number of hydrogen-bond acceptors (Lipinski definition) is 2. The molecule has 1 saturated heterocycles. The van der Waals surface area contributed by atoms with E-state index in [2.05, 4.69) is 38.0 Å². The molecular formula is C14H30N2. The minimum Gasteiger partial charge on any atom is -0.315 e. The fourth-order valence-electron chi connectivity index (χ4n) is 2.70. The van der Waals surface area contributed by atoms with Gasteiger partial charge < -0.3 is 5.32 Å². The Morgan fingerprint density at radius 2 is 2.06 bits per heavy atom. The van der Waals surface area contributed by atoms with E-state index in [0.29, 0.717) is 6.04 Å². The van der Waals surface area contributed by atoms with Crippen molar-refractivity contribution in [2.24, 2.45) is 5.92 Å². The molecule has 1 rings (SSSR count). The van der Waals surface area contributed by atoms with Crippen LogP contribution in [0, 0.1) is 5.92 Å². The number of likely N-dealkylation sites (tertiary alicyclic amines) is 1. The summed E-state index contributed by atoms with van der Waals surface area (Å²) in [5.74, 6) is 0.778. The molecule has 1 heterocycles. The Bertz CT molecular complexity index is 182. The summed E-state index contributed by atoms with van der Waals surface area (Å²) in [5.41, 5.74) is 0. The zero-order valence-electron chi connectivity index (χ0n) is 11.6. The number of rotatable bonds is 5. The molecule has 2 nitrogen and oxygen atoms in total. The van der Waals surface area contributed by atoms with Crippen LogP contribution in [0.5, 0.6) is 0 Å². The number of nitrogens with one attached hydrogen (secondary N) is 1. The third kappa shape index (κ3) is 4.06. The highest BCUT2D eigenvalue weighted by molar-refractivity contribution is 4.79. The van der Waals surface area contributed by atoms with Crippen LogP contribution in [0.2, 0.25) is 0 Å². The lowest BCUT2D eigenvalue weighted by Gasteiger charge is -2.33. The van der Waals surface area contributed by atoms with Crippen LogP contribution in [0.1, 0.15) is 52.9 Å². The predicted molar refractivity (Wildman–Crippen MR) is 71.8 cm³/mol. The van der Waals surface area contributed by atoms with E-state index in [-0.39, 0.29) is 0 Å². The van der Waals surface area contributed by atoms with Crippen molar-refractivity contribution in [3.63, 3.8) is 0 Å². The molecule has 0 aromatic carbocycles. The highest BCUT2D eigenvalue weighted by Gasteiger charge is 2.22. The molecule has 2 heteroatoms. The lowest BCUT2D eigenvalue weighted by atomic mass is 9.98. The smallest absolute Gasteiger partial charge is 0.0217 e. The van der Waals surface area contributed by atoms with Crippen molar-refractivity contribution in [3.05, 3.63) is 0 Å². The molecule has 1 N–H and O–H groups in total. The third-order valence-electron chi connectivity index (χ3n) is 4.32. The van der Waals surface area contributed by atoms with Crippen molar-refractivity contribution in [1.82, 2.24) is 10.2 Å². The van der Waals surface area contributed by atoms with Crippen molar-refractivity contribution in [2.45, 2.75) is 65.0 Å². The van der Waals surface area contributed by atoms with Crippen molar-refractivity contribution >= 4 is 0 Å². The molecule has 0 aliphatic carbocycles. The molecule has 1 aliphatic heterocycles. The van der Waals surface area contributed by atoms with Crippen molar-refractivity contribution in [1.29, 1.82) is 0 Å². The molecule has 0 amide bonds. The van der Waals surface area contributed by atoms with Gasteiger partial charge in [0.1, 0.15) is 0 Å². The lowest BCUT2D eigenvalue weighted by Crippen LogP contribution is -2.46.